The molecule has 0 spiro atoms. The number of hydrazine groups is 1. The normalized spacial score (nSPS) is 14.3. The summed E-state index contributed by atoms with van der Waals surface area (Å²) in [6.07, 6.45) is 3.36. The predicted octanol–water partition coefficient (Wildman–Crippen LogP) is 7.01. The van der Waals surface area contributed by atoms with Gasteiger partial charge in [-0.15, -0.1) is 11.3 Å². The second kappa shape index (κ2) is 9.92. The largest absolute Gasteiger partial charge is 0.286 e. The van der Waals surface area contributed by atoms with Crippen LogP contribution in [-0.2, 0) is 0 Å². The predicted molar refractivity (Wildman–Crippen MR) is 140 cm³/mol. The molecule has 0 saturated carbocycles. The van der Waals surface area contributed by atoms with Crippen LogP contribution in [0.5, 0.6) is 0 Å². The van der Waals surface area contributed by atoms with Gasteiger partial charge in [0.2, 0.25) is 0 Å². The van der Waals surface area contributed by atoms with Crippen molar-refractivity contribution in [2.75, 3.05) is 13.1 Å². The van der Waals surface area contributed by atoms with Gasteiger partial charge in [-0.1, -0.05) is 60.0 Å². The molecule has 34 heavy (non-hydrogen) atoms. The highest BCUT2D eigenvalue weighted by Gasteiger charge is 2.25. The number of aromatic nitrogens is 2. The Bertz CT molecular complexity index is 1330. The lowest BCUT2D eigenvalue weighted by molar-refractivity contribution is 0.0743. The summed E-state index contributed by atoms with van der Waals surface area (Å²) in [4.78, 5) is 15.4. The van der Waals surface area contributed by atoms with Gasteiger partial charge >= 0.3 is 0 Å². The van der Waals surface area contributed by atoms with Gasteiger partial charge in [-0.3, -0.25) is 10.2 Å². The molecule has 1 N–H and O–H groups in total. The number of halogens is 2. The summed E-state index contributed by atoms with van der Waals surface area (Å²) in [6.45, 7) is 3.65. The molecule has 0 aliphatic carbocycles. The zero-order valence-electron chi connectivity index (χ0n) is 18.7. The van der Waals surface area contributed by atoms with Gasteiger partial charge < -0.3 is 0 Å². The minimum Gasteiger partial charge on any atom is -0.283 e. The fourth-order valence-electron chi connectivity index (χ4n) is 4.25. The highest BCUT2D eigenvalue weighted by molar-refractivity contribution is 7.18. The Kier molecular flexibility index (Phi) is 6.75. The third-order valence-electron chi connectivity index (χ3n) is 5.99. The van der Waals surface area contributed by atoms with Crippen LogP contribution in [0.25, 0.3) is 26.7 Å². The van der Waals surface area contributed by atoms with Crippen LogP contribution in [0.15, 0.2) is 60.7 Å². The monoisotopic (exact) mass is 510 g/mol. The summed E-state index contributed by atoms with van der Waals surface area (Å²) in [7, 11) is 0. The molecule has 1 aliphatic rings. The van der Waals surface area contributed by atoms with Crippen molar-refractivity contribution in [3.05, 3.63) is 82.0 Å². The molecule has 5 nitrogen and oxygen atoms in total. The highest BCUT2D eigenvalue weighted by Crippen LogP contribution is 2.39. The van der Waals surface area contributed by atoms with Gasteiger partial charge in [0.1, 0.15) is 0 Å². The van der Waals surface area contributed by atoms with E-state index in [0.29, 0.717) is 21.4 Å². The van der Waals surface area contributed by atoms with Crippen molar-refractivity contribution in [3.8, 4) is 26.7 Å². The molecular weight excluding hydrogens is 487 g/mol. The Morgan fingerprint density at radius 3 is 2.44 bits per heavy atom. The number of nitrogens with one attached hydrogen (secondary N) is 1. The van der Waals surface area contributed by atoms with Crippen molar-refractivity contribution >= 4 is 40.4 Å². The zero-order valence-corrected chi connectivity index (χ0v) is 21.1. The van der Waals surface area contributed by atoms with E-state index >= 15 is 0 Å². The van der Waals surface area contributed by atoms with Gasteiger partial charge in [-0.2, -0.15) is 5.10 Å². The van der Waals surface area contributed by atoms with Crippen LogP contribution in [0.2, 0.25) is 10.0 Å². The maximum atomic E-state index is 13.2. The van der Waals surface area contributed by atoms with E-state index in [9.17, 15) is 4.79 Å². The van der Waals surface area contributed by atoms with Gasteiger partial charge in [0.15, 0.2) is 5.69 Å². The van der Waals surface area contributed by atoms with E-state index in [4.69, 9.17) is 28.3 Å². The first-order valence-corrected chi connectivity index (χ1v) is 12.8. The lowest BCUT2D eigenvalue weighted by Crippen LogP contribution is -2.45. The van der Waals surface area contributed by atoms with Gasteiger partial charge in [0.25, 0.3) is 5.91 Å². The SMILES string of the molecule is Cc1c(C(=O)NN2CCCCC2)nn(-c2ccc(Cl)cc2Cl)c1-c1ccc(-c2ccccc2)s1. The number of carbonyl (C=O) groups is 1. The maximum absolute atomic E-state index is 13.2. The third kappa shape index (κ3) is 4.64. The molecule has 0 unspecified atom stereocenters. The molecule has 5 rings (SSSR count). The molecule has 1 amide bonds. The fraction of sp³-hybridized carbons (Fsp3) is 0.231. The summed E-state index contributed by atoms with van der Waals surface area (Å²) < 4.78 is 1.76. The fourth-order valence-corrected chi connectivity index (χ4v) is 5.84. The van der Waals surface area contributed by atoms with E-state index in [-0.39, 0.29) is 5.91 Å². The van der Waals surface area contributed by atoms with E-state index in [0.717, 1.165) is 52.5 Å². The van der Waals surface area contributed by atoms with E-state index in [1.165, 1.54) is 6.42 Å². The maximum Gasteiger partial charge on any atom is 0.286 e. The first kappa shape index (κ1) is 23.1. The lowest BCUT2D eigenvalue weighted by Gasteiger charge is -2.26. The van der Waals surface area contributed by atoms with Crippen molar-refractivity contribution < 1.29 is 4.79 Å². The van der Waals surface area contributed by atoms with Crippen molar-refractivity contribution in [1.82, 2.24) is 20.2 Å². The Hall–Kier alpha value is -2.64. The van der Waals surface area contributed by atoms with Crippen molar-refractivity contribution in [1.29, 1.82) is 0 Å². The molecule has 8 heteroatoms. The van der Waals surface area contributed by atoms with Crippen LogP contribution in [0.4, 0.5) is 0 Å². The van der Waals surface area contributed by atoms with Crippen molar-refractivity contribution in [2.24, 2.45) is 0 Å². The molecule has 0 radical (unpaired) electrons. The molecule has 3 heterocycles. The molecule has 0 atom stereocenters. The number of amides is 1. The number of hydrogen-bond acceptors (Lipinski definition) is 4. The van der Waals surface area contributed by atoms with Crippen LogP contribution in [0, 0.1) is 6.92 Å². The molecule has 2 aromatic heterocycles. The quantitative estimate of drug-likeness (QED) is 0.314. The topological polar surface area (TPSA) is 50.2 Å². The minimum atomic E-state index is -0.204. The third-order valence-corrected chi connectivity index (χ3v) is 7.67. The Labute approximate surface area is 212 Å². The van der Waals surface area contributed by atoms with Crippen LogP contribution in [0.1, 0.15) is 35.3 Å². The van der Waals surface area contributed by atoms with Gasteiger partial charge in [0, 0.05) is 28.6 Å². The van der Waals surface area contributed by atoms with E-state index in [2.05, 4.69) is 29.7 Å². The standard InChI is InChI=1S/C26H24Cl2N4OS/c1-17-24(26(33)30-31-14-6-3-7-15-31)29-32(21-11-10-19(27)16-20(21)28)25(17)23-13-12-22(34-23)18-8-4-2-5-9-18/h2,4-5,8-13,16H,3,6-7,14-15H2,1H3,(H,30,33). The summed E-state index contributed by atoms with van der Waals surface area (Å²) in [5, 5.41) is 7.75. The lowest BCUT2D eigenvalue weighted by atomic mass is 10.1. The molecule has 0 bridgehead atoms. The van der Waals surface area contributed by atoms with Crippen molar-refractivity contribution in [3.63, 3.8) is 0 Å². The molecule has 4 aromatic rings. The number of thiophene rings is 1. The number of piperidine rings is 1. The van der Waals surface area contributed by atoms with E-state index in [1.807, 2.05) is 36.2 Å². The Balaban J connectivity index is 1.59. The van der Waals surface area contributed by atoms with Crippen LogP contribution < -0.4 is 5.43 Å². The number of hydrogen-bond donors (Lipinski definition) is 1. The Morgan fingerprint density at radius 2 is 1.71 bits per heavy atom. The molecule has 1 saturated heterocycles. The molecule has 1 aliphatic heterocycles. The molecule has 174 valence electrons. The summed E-state index contributed by atoms with van der Waals surface area (Å²) in [6, 6.07) is 19.7. The first-order chi connectivity index (χ1) is 16.5. The van der Waals surface area contributed by atoms with Crippen LogP contribution >= 0.6 is 34.5 Å². The highest BCUT2D eigenvalue weighted by atomic mass is 35.5. The average Bonchev–Trinajstić information content (AvgIpc) is 3.45. The van der Waals surface area contributed by atoms with E-state index < -0.39 is 0 Å². The molecular formula is C26H24Cl2N4OS. The molecule has 1 fully saturated rings. The average molecular weight is 511 g/mol. The second-order valence-corrected chi connectivity index (χ2v) is 10.3. The number of nitrogens with zero attached hydrogens (tertiary/aromatic N) is 3. The smallest absolute Gasteiger partial charge is 0.283 e. The summed E-state index contributed by atoms with van der Waals surface area (Å²) in [5.41, 5.74) is 6.91. The molecule has 2 aromatic carbocycles. The summed E-state index contributed by atoms with van der Waals surface area (Å²) in [5.74, 6) is -0.204. The van der Waals surface area contributed by atoms with Gasteiger partial charge in [0.05, 0.1) is 21.3 Å². The minimum absolute atomic E-state index is 0.204. The van der Waals surface area contributed by atoms with Crippen molar-refractivity contribution in [2.45, 2.75) is 26.2 Å². The Morgan fingerprint density at radius 1 is 0.971 bits per heavy atom. The van der Waals surface area contributed by atoms with Crippen LogP contribution in [-0.4, -0.2) is 33.8 Å². The number of carbonyl (C=O) groups excluding carboxylic acids is 1. The van der Waals surface area contributed by atoms with Gasteiger partial charge in [-0.25, -0.2) is 9.69 Å². The summed E-state index contributed by atoms with van der Waals surface area (Å²) >= 11 is 14.4. The number of rotatable bonds is 5. The second-order valence-electron chi connectivity index (χ2n) is 8.35. The number of benzene rings is 2. The zero-order chi connectivity index (χ0) is 23.7. The van der Waals surface area contributed by atoms with Gasteiger partial charge in [-0.05, 0) is 55.7 Å². The van der Waals surface area contributed by atoms with Crippen LogP contribution in [0.3, 0.4) is 0 Å². The first-order valence-electron chi connectivity index (χ1n) is 11.3. The van der Waals surface area contributed by atoms with E-state index in [1.54, 1.807) is 28.2 Å².